The SMILES string of the molecule is Cc1nc(C)n(-c2nc(NN)ncc2F)n1. The molecule has 2 rings (SSSR count). The van der Waals surface area contributed by atoms with E-state index < -0.39 is 5.82 Å². The summed E-state index contributed by atoms with van der Waals surface area (Å²) in [5.41, 5.74) is 2.24. The Labute approximate surface area is 90.5 Å². The molecule has 0 aliphatic rings. The van der Waals surface area contributed by atoms with Crippen LogP contribution in [0.15, 0.2) is 6.20 Å². The van der Waals surface area contributed by atoms with Gasteiger partial charge in [0.05, 0.1) is 6.20 Å². The smallest absolute Gasteiger partial charge is 0.239 e. The van der Waals surface area contributed by atoms with E-state index >= 15 is 0 Å². The second-order valence-electron chi connectivity index (χ2n) is 3.13. The van der Waals surface area contributed by atoms with Crippen LogP contribution >= 0.6 is 0 Å². The van der Waals surface area contributed by atoms with Gasteiger partial charge in [-0.25, -0.2) is 20.2 Å². The van der Waals surface area contributed by atoms with Crippen LogP contribution in [0, 0.1) is 19.7 Å². The van der Waals surface area contributed by atoms with Gasteiger partial charge in [0.15, 0.2) is 11.6 Å². The summed E-state index contributed by atoms with van der Waals surface area (Å²) in [6, 6.07) is 0. The molecule has 0 saturated heterocycles. The van der Waals surface area contributed by atoms with Gasteiger partial charge in [0.2, 0.25) is 5.95 Å². The number of rotatable bonds is 2. The molecule has 16 heavy (non-hydrogen) atoms. The number of nitrogens with two attached hydrogens (primary N) is 1. The normalized spacial score (nSPS) is 10.5. The average Bonchev–Trinajstić information content (AvgIpc) is 2.58. The number of nitrogen functional groups attached to an aromatic ring is 1. The second kappa shape index (κ2) is 3.81. The molecule has 0 radical (unpaired) electrons. The van der Waals surface area contributed by atoms with Gasteiger partial charge in [0.1, 0.15) is 11.6 Å². The van der Waals surface area contributed by atoms with Gasteiger partial charge in [0, 0.05) is 0 Å². The third-order valence-corrected chi connectivity index (χ3v) is 1.93. The molecule has 0 fully saturated rings. The molecule has 2 aromatic heterocycles. The summed E-state index contributed by atoms with van der Waals surface area (Å²) in [6.45, 7) is 3.42. The lowest BCUT2D eigenvalue weighted by Gasteiger charge is -2.04. The maximum absolute atomic E-state index is 13.5. The zero-order valence-corrected chi connectivity index (χ0v) is 8.77. The molecule has 0 atom stereocenters. The molecule has 84 valence electrons. The van der Waals surface area contributed by atoms with Crippen molar-refractivity contribution >= 4 is 5.95 Å². The Morgan fingerprint density at radius 1 is 1.38 bits per heavy atom. The van der Waals surface area contributed by atoms with Crippen molar-refractivity contribution in [1.82, 2.24) is 24.7 Å². The highest BCUT2D eigenvalue weighted by Gasteiger charge is 2.13. The number of aromatic nitrogens is 5. The number of nitrogens with one attached hydrogen (secondary N) is 1. The monoisotopic (exact) mass is 223 g/mol. The van der Waals surface area contributed by atoms with Gasteiger partial charge in [-0.3, -0.25) is 5.43 Å². The zero-order chi connectivity index (χ0) is 11.7. The molecular weight excluding hydrogens is 213 g/mol. The molecule has 0 aliphatic carbocycles. The first kappa shape index (κ1) is 10.4. The molecule has 0 amide bonds. The quantitative estimate of drug-likeness (QED) is 0.553. The third-order valence-electron chi connectivity index (χ3n) is 1.93. The van der Waals surface area contributed by atoms with Crippen molar-refractivity contribution < 1.29 is 4.39 Å². The Balaban J connectivity index is 2.58. The van der Waals surface area contributed by atoms with Crippen molar-refractivity contribution in [1.29, 1.82) is 0 Å². The Morgan fingerprint density at radius 3 is 2.69 bits per heavy atom. The van der Waals surface area contributed by atoms with E-state index in [4.69, 9.17) is 5.84 Å². The van der Waals surface area contributed by atoms with Crippen molar-refractivity contribution in [3.8, 4) is 5.82 Å². The van der Waals surface area contributed by atoms with Crippen molar-refractivity contribution in [2.75, 3.05) is 5.43 Å². The molecule has 0 saturated carbocycles. The van der Waals surface area contributed by atoms with Gasteiger partial charge in [-0.05, 0) is 13.8 Å². The first-order valence-corrected chi connectivity index (χ1v) is 4.51. The molecule has 0 spiro atoms. The van der Waals surface area contributed by atoms with E-state index in [2.05, 4.69) is 25.5 Å². The van der Waals surface area contributed by atoms with Crippen LogP contribution in [0.4, 0.5) is 10.3 Å². The zero-order valence-electron chi connectivity index (χ0n) is 8.77. The van der Waals surface area contributed by atoms with E-state index in [9.17, 15) is 4.39 Å². The molecule has 0 bridgehead atoms. The minimum Gasteiger partial charge on any atom is -0.292 e. The highest BCUT2D eigenvalue weighted by molar-refractivity contribution is 5.31. The largest absolute Gasteiger partial charge is 0.292 e. The average molecular weight is 223 g/mol. The van der Waals surface area contributed by atoms with Crippen LogP contribution in [0.3, 0.4) is 0 Å². The summed E-state index contributed by atoms with van der Waals surface area (Å²) < 4.78 is 14.8. The molecule has 2 heterocycles. The maximum atomic E-state index is 13.5. The lowest BCUT2D eigenvalue weighted by Crippen LogP contribution is -2.14. The third kappa shape index (κ3) is 1.70. The predicted octanol–water partition coefficient (Wildman–Crippen LogP) is 0.0988. The fraction of sp³-hybridized carbons (Fsp3) is 0.250. The molecule has 8 heteroatoms. The van der Waals surface area contributed by atoms with Gasteiger partial charge in [-0.15, -0.1) is 5.10 Å². The molecule has 3 N–H and O–H groups in total. The number of nitrogens with zero attached hydrogens (tertiary/aromatic N) is 5. The van der Waals surface area contributed by atoms with Crippen molar-refractivity contribution in [3.63, 3.8) is 0 Å². The van der Waals surface area contributed by atoms with E-state index in [0.717, 1.165) is 6.20 Å². The predicted molar refractivity (Wildman–Crippen MR) is 54.2 cm³/mol. The van der Waals surface area contributed by atoms with Gasteiger partial charge >= 0.3 is 0 Å². The van der Waals surface area contributed by atoms with Crippen molar-refractivity contribution in [3.05, 3.63) is 23.7 Å². The number of hydrazine groups is 1. The van der Waals surface area contributed by atoms with Crippen LogP contribution in [-0.4, -0.2) is 24.7 Å². The molecule has 0 aromatic carbocycles. The van der Waals surface area contributed by atoms with E-state index in [0.29, 0.717) is 11.6 Å². The topological polar surface area (TPSA) is 94.5 Å². The Hall–Kier alpha value is -2.09. The second-order valence-corrected chi connectivity index (χ2v) is 3.13. The summed E-state index contributed by atoms with van der Waals surface area (Å²) in [6.07, 6.45) is 1.02. The fourth-order valence-electron chi connectivity index (χ4n) is 1.30. The number of hydrogen-bond donors (Lipinski definition) is 2. The standard InChI is InChI=1S/C8H10FN7/c1-4-12-5(2)16(15-4)7-6(9)3-11-8(13-7)14-10/h3H,10H2,1-2H3,(H,11,13,14). The highest BCUT2D eigenvalue weighted by Crippen LogP contribution is 2.12. The van der Waals surface area contributed by atoms with Gasteiger partial charge < -0.3 is 0 Å². The maximum Gasteiger partial charge on any atom is 0.239 e. The first-order valence-electron chi connectivity index (χ1n) is 4.51. The summed E-state index contributed by atoms with van der Waals surface area (Å²) in [5, 5.41) is 4.02. The van der Waals surface area contributed by atoms with Crippen LogP contribution in [-0.2, 0) is 0 Å². The summed E-state index contributed by atoms with van der Waals surface area (Å²) in [5.74, 6) is 5.77. The Bertz CT molecular complexity index is 521. The fourth-order valence-corrected chi connectivity index (χ4v) is 1.30. The van der Waals surface area contributed by atoms with Crippen LogP contribution in [0.5, 0.6) is 0 Å². The molecule has 2 aromatic rings. The van der Waals surface area contributed by atoms with Gasteiger partial charge in [-0.1, -0.05) is 0 Å². The van der Waals surface area contributed by atoms with Crippen LogP contribution < -0.4 is 11.3 Å². The molecule has 7 nitrogen and oxygen atoms in total. The summed E-state index contributed by atoms with van der Waals surface area (Å²) in [7, 11) is 0. The van der Waals surface area contributed by atoms with Gasteiger partial charge in [-0.2, -0.15) is 9.67 Å². The van der Waals surface area contributed by atoms with E-state index in [1.165, 1.54) is 4.68 Å². The Kier molecular flexibility index (Phi) is 2.49. The van der Waals surface area contributed by atoms with E-state index in [1.807, 2.05) is 0 Å². The van der Waals surface area contributed by atoms with E-state index in [-0.39, 0.29) is 11.8 Å². The summed E-state index contributed by atoms with van der Waals surface area (Å²) >= 11 is 0. The minimum absolute atomic E-state index is 0.0149. The molecule has 0 unspecified atom stereocenters. The first-order chi connectivity index (χ1) is 7.61. The lowest BCUT2D eigenvalue weighted by molar-refractivity contribution is 0.590. The Morgan fingerprint density at radius 2 is 2.12 bits per heavy atom. The molecule has 0 aliphatic heterocycles. The van der Waals surface area contributed by atoms with Crippen molar-refractivity contribution in [2.45, 2.75) is 13.8 Å². The van der Waals surface area contributed by atoms with Gasteiger partial charge in [0.25, 0.3) is 0 Å². The number of aryl methyl sites for hydroxylation is 2. The minimum atomic E-state index is -0.591. The number of halogens is 1. The number of hydrogen-bond acceptors (Lipinski definition) is 6. The lowest BCUT2D eigenvalue weighted by atomic mass is 10.5. The van der Waals surface area contributed by atoms with Crippen LogP contribution in [0.1, 0.15) is 11.6 Å². The van der Waals surface area contributed by atoms with Crippen LogP contribution in [0.2, 0.25) is 0 Å². The van der Waals surface area contributed by atoms with Crippen LogP contribution in [0.25, 0.3) is 5.82 Å². The number of anilines is 1. The molecular formula is C8H10FN7. The summed E-state index contributed by atoms with van der Waals surface area (Å²) in [4.78, 5) is 11.6. The van der Waals surface area contributed by atoms with Crippen molar-refractivity contribution in [2.24, 2.45) is 5.84 Å². The van der Waals surface area contributed by atoms with E-state index in [1.54, 1.807) is 13.8 Å². The highest BCUT2D eigenvalue weighted by atomic mass is 19.1.